The Morgan fingerprint density at radius 2 is 2.06 bits per heavy atom. The van der Waals surface area contributed by atoms with Gasteiger partial charge in [-0.25, -0.2) is 0 Å². The van der Waals surface area contributed by atoms with Crippen molar-refractivity contribution < 1.29 is 9.47 Å². The first-order valence-electron chi connectivity index (χ1n) is 7.29. The second-order valence-electron chi connectivity index (χ2n) is 5.50. The van der Waals surface area contributed by atoms with Gasteiger partial charge in [-0.2, -0.15) is 0 Å². The van der Waals surface area contributed by atoms with Gasteiger partial charge in [-0.05, 0) is 50.5 Å². The molecule has 2 saturated heterocycles. The normalized spacial score (nSPS) is 31.6. The summed E-state index contributed by atoms with van der Waals surface area (Å²) in [5, 5.41) is 3.73. The number of ether oxygens (including phenoxy) is 2. The molecule has 17 heavy (non-hydrogen) atoms. The molecule has 3 heteroatoms. The van der Waals surface area contributed by atoms with Crippen LogP contribution >= 0.6 is 0 Å². The zero-order chi connectivity index (χ0) is 11.9. The van der Waals surface area contributed by atoms with Gasteiger partial charge >= 0.3 is 0 Å². The molecule has 0 aromatic rings. The summed E-state index contributed by atoms with van der Waals surface area (Å²) in [6.07, 6.45) is 6.29. The van der Waals surface area contributed by atoms with E-state index in [-0.39, 0.29) is 0 Å². The molecule has 2 rings (SSSR count). The molecule has 1 N–H and O–H groups in total. The molecule has 0 amide bonds. The third-order valence-electron chi connectivity index (χ3n) is 4.03. The first kappa shape index (κ1) is 13.3. The van der Waals surface area contributed by atoms with Gasteiger partial charge in [0, 0.05) is 25.9 Å². The largest absolute Gasteiger partial charge is 0.381 e. The summed E-state index contributed by atoms with van der Waals surface area (Å²) in [5.41, 5.74) is 0. The fourth-order valence-corrected chi connectivity index (χ4v) is 2.98. The maximum absolute atomic E-state index is 5.64. The number of nitrogens with one attached hydrogen (secondary N) is 1. The maximum Gasteiger partial charge on any atom is 0.0509 e. The Morgan fingerprint density at radius 1 is 1.18 bits per heavy atom. The first-order valence-corrected chi connectivity index (χ1v) is 7.29. The van der Waals surface area contributed by atoms with Crippen molar-refractivity contribution in [2.24, 2.45) is 11.8 Å². The molecule has 2 aliphatic rings. The van der Waals surface area contributed by atoms with E-state index in [0.29, 0.717) is 6.04 Å². The van der Waals surface area contributed by atoms with Gasteiger partial charge in [0.25, 0.3) is 0 Å². The Bertz CT molecular complexity index is 198. The van der Waals surface area contributed by atoms with Gasteiger partial charge < -0.3 is 14.8 Å². The summed E-state index contributed by atoms with van der Waals surface area (Å²) in [4.78, 5) is 0. The van der Waals surface area contributed by atoms with Gasteiger partial charge in [0.15, 0.2) is 0 Å². The van der Waals surface area contributed by atoms with Crippen molar-refractivity contribution in [1.29, 1.82) is 0 Å². The van der Waals surface area contributed by atoms with E-state index in [9.17, 15) is 0 Å². The molecule has 0 aromatic carbocycles. The van der Waals surface area contributed by atoms with E-state index in [2.05, 4.69) is 12.2 Å². The van der Waals surface area contributed by atoms with Gasteiger partial charge in [0.1, 0.15) is 0 Å². The van der Waals surface area contributed by atoms with Crippen molar-refractivity contribution >= 4 is 0 Å². The minimum absolute atomic E-state index is 0.641. The molecule has 2 fully saturated rings. The molecule has 3 nitrogen and oxygen atoms in total. The van der Waals surface area contributed by atoms with E-state index >= 15 is 0 Å². The van der Waals surface area contributed by atoms with Crippen LogP contribution in [0.4, 0.5) is 0 Å². The van der Waals surface area contributed by atoms with Gasteiger partial charge in [0.05, 0.1) is 6.61 Å². The summed E-state index contributed by atoms with van der Waals surface area (Å²) in [7, 11) is 0. The average molecular weight is 241 g/mol. The van der Waals surface area contributed by atoms with Crippen LogP contribution < -0.4 is 5.32 Å². The lowest BCUT2D eigenvalue weighted by molar-refractivity contribution is 0.0348. The van der Waals surface area contributed by atoms with Crippen molar-refractivity contribution in [3.63, 3.8) is 0 Å². The average Bonchev–Trinajstić information content (AvgIpc) is 2.88. The van der Waals surface area contributed by atoms with E-state index < -0.39 is 0 Å². The predicted octanol–water partition coefficient (Wildman–Crippen LogP) is 2.21. The van der Waals surface area contributed by atoms with Gasteiger partial charge in [-0.1, -0.05) is 6.92 Å². The van der Waals surface area contributed by atoms with E-state index in [1.54, 1.807) is 0 Å². The van der Waals surface area contributed by atoms with Crippen molar-refractivity contribution in [1.82, 2.24) is 5.32 Å². The van der Waals surface area contributed by atoms with Crippen molar-refractivity contribution in [3.8, 4) is 0 Å². The molecule has 0 aromatic heterocycles. The summed E-state index contributed by atoms with van der Waals surface area (Å²) >= 11 is 0. The predicted molar refractivity (Wildman–Crippen MR) is 69.2 cm³/mol. The lowest BCUT2D eigenvalue weighted by atomic mass is 9.86. The molecule has 100 valence electrons. The number of hydrogen-bond donors (Lipinski definition) is 1. The van der Waals surface area contributed by atoms with E-state index in [1.807, 2.05) is 0 Å². The second-order valence-corrected chi connectivity index (χ2v) is 5.50. The van der Waals surface area contributed by atoms with Crippen molar-refractivity contribution in [2.45, 2.75) is 45.1 Å². The molecular formula is C14H27NO2. The van der Waals surface area contributed by atoms with Crippen LogP contribution in [0.5, 0.6) is 0 Å². The third kappa shape index (κ3) is 4.23. The maximum atomic E-state index is 5.64. The quantitative estimate of drug-likeness (QED) is 0.773. The number of hydrogen-bond acceptors (Lipinski definition) is 3. The van der Waals surface area contributed by atoms with Crippen LogP contribution in [-0.2, 0) is 9.47 Å². The highest BCUT2D eigenvalue weighted by Gasteiger charge is 2.27. The lowest BCUT2D eigenvalue weighted by Crippen LogP contribution is -2.42. The highest BCUT2D eigenvalue weighted by Crippen LogP contribution is 2.25. The van der Waals surface area contributed by atoms with E-state index in [4.69, 9.17) is 9.47 Å². The zero-order valence-corrected chi connectivity index (χ0v) is 11.1. The van der Waals surface area contributed by atoms with Gasteiger partial charge in [0.2, 0.25) is 0 Å². The zero-order valence-electron chi connectivity index (χ0n) is 11.1. The highest BCUT2D eigenvalue weighted by molar-refractivity contribution is 4.82. The standard InChI is InChI=1S/C14H27NO2/c1-2-6-15-14(9-12-5-8-17-10-12)13-4-3-7-16-11-13/h12-15H,2-11H2,1H3. The lowest BCUT2D eigenvalue weighted by Gasteiger charge is -2.32. The van der Waals surface area contributed by atoms with Crippen molar-refractivity contribution in [3.05, 3.63) is 0 Å². The smallest absolute Gasteiger partial charge is 0.0509 e. The Hall–Kier alpha value is -0.120. The van der Waals surface area contributed by atoms with Crippen LogP contribution in [0.15, 0.2) is 0 Å². The molecule has 2 aliphatic heterocycles. The van der Waals surface area contributed by atoms with Crippen molar-refractivity contribution in [2.75, 3.05) is 33.0 Å². The summed E-state index contributed by atoms with van der Waals surface area (Å²) in [5.74, 6) is 1.49. The van der Waals surface area contributed by atoms with Gasteiger partial charge in [-0.3, -0.25) is 0 Å². The summed E-state index contributed by atoms with van der Waals surface area (Å²) in [6, 6.07) is 0.641. The molecule has 3 atom stereocenters. The highest BCUT2D eigenvalue weighted by atomic mass is 16.5. The Morgan fingerprint density at radius 3 is 2.71 bits per heavy atom. The SMILES string of the molecule is CCCNC(CC1CCOC1)C1CCCOC1. The Labute approximate surface area is 105 Å². The molecule has 0 bridgehead atoms. The van der Waals surface area contributed by atoms with Gasteiger partial charge in [-0.15, -0.1) is 0 Å². The minimum atomic E-state index is 0.641. The Kier molecular flexibility index (Phi) is 5.75. The van der Waals surface area contributed by atoms with Crippen LogP contribution in [0.1, 0.15) is 39.0 Å². The van der Waals surface area contributed by atoms with Crippen LogP contribution in [-0.4, -0.2) is 39.0 Å². The van der Waals surface area contributed by atoms with Crippen LogP contribution in [0.25, 0.3) is 0 Å². The molecule has 0 spiro atoms. The molecule has 0 aliphatic carbocycles. The first-order chi connectivity index (χ1) is 8.40. The van der Waals surface area contributed by atoms with E-state index in [1.165, 1.54) is 32.1 Å². The topological polar surface area (TPSA) is 30.5 Å². The van der Waals surface area contributed by atoms with Crippen LogP contribution in [0.2, 0.25) is 0 Å². The third-order valence-corrected chi connectivity index (χ3v) is 4.03. The fraction of sp³-hybridized carbons (Fsp3) is 1.00. The Balaban J connectivity index is 1.81. The molecule has 0 saturated carbocycles. The molecule has 2 heterocycles. The minimum Gasteiger partial charge on any atom is -0.381 e. The van der Waals surface area contributed by atoms with Crippen LogP contribution in [0, 0.1) is 11.8 Å². The molecule has 3 unspecified atom stereocenters. The van der Waals surface area contributed by atoms with Crippen LogP contribution in [0.3, 0.4) is 0 Å². The fourth-order valence-electron chi connectivity index (χ4n) is 2.98. The molecule has 0 radical (unpaired) electrons. The summed E-state index contributed by atoms with van der Waals surface area (Å²) in [6.45, 7) is 7.22. The second kappa shape index (κ2) is 7.34. The summed E-state index contributed by atoms with van der Waals surface area (Å²) < 4.78 is 11.1. The number of rotatable bonds is 6. The van der Waals surface area contributed by atoms with E-state index in [0.717, 1.165) is 44.8 Å². The monoisotopic (exact) mass is 241 g/mol. The molecular weight excluding hydrogens is 214 g/mol.